The number of ether oxygens (including phenoxy) is 2. The molecule has 0 bridgehead atoms. The standard InChI is InChI=1S/C23H33N3O4/c1-15(2)13-30-21-18(17-11-24-25(12-17)14-23(4,5)28)9-10-20-19(21)8-7-16(3)26(20)22(27)29-6/h9-12,15-16,28H,7-8,13-14H2,1-6H3/t16-/m0/s1. The molecule has 30 heavy (non-hydrogen) atoms. The van der Waals surface area contributed by atoms with Crippen LogP contribution in [0.25, 0.3) is 11.1 Å². The maximum atomic E-state index is 12.4. The third-order valence-electron chi connectivity index (χ3n) is 5.17. The Labute approximate surface area is 178 Å². The van der Waals surface area contributed by atoms with Crippen LogP contribution in [0.1, 0.15) is 46.6 Å². The molecular formula is C23H33N3O4. The molecule has 0 aliphatic carbocycles. The molecule has 0 fully saturated rings. The average molecular weight is 416 g/mol. The minimum atomic E-state index is -0.854. The normalized spacial score (nSPS) is 16.5. The summed E-state index contributed by atoms with van der Waals surface area (Å²) in [7, 11) is 1.41. The molecule has 1 atom stereocenters. The lowest BCUT2D eigenvalue weighted by Gasteiger charge is -2.35. The summed E-state index contributed by atoms with van der Waals surface area (Å²) in [5.41, 5.74) is 2.87. The van der Waals surface area contributed by atoms with Gasteiger partial charge in [0.2, 0.25) is 0 Å². The minimum absolute atomic E-state index is 0.0586. The Morgan fingerprint density at radius 1 is 1.37 bits per heavy atom. The van der Waals surface area contributed by atoms with Crippen LogP contribution >= 0.6 is 0 Å². The summed E-state index contributed by atoms with van der Waals surface area (Å²) in [6.07, 6.45) is 5.01. The molecular weight excluding hydrogens is 382 g/mol. The second-order valence-electron chi connectivity index (χ2n) is 9.11. The van der Waals surface area contributed by atoms with Gasteiger partial charge < -0.3 is 14.6 Å². The Morgan fingerprint density at radius 2 is 2.10 bits per heavy atom. The second kappa shape index (κ2) is 8.68. The summed E-state index contributed by atoms with van der Waals surface area (Å²) in [6.45, 7) is 10.7. The largest absolute Gasteiger partial charge is 0.492 e. The van der Waals surface area contributed by atoms with E-state index in [1.165, 1.54) is 7.11 Å². The van der Waals surface area contributed by atoms with Crippen LogP contribution in [0.5, 0.6) is 5.75 Å². The SMILES string of the molecule is COC(=O)N1c2ccc(-c3cnn(CC(C)(C)O)c3)c(OCC(C)C)c2CC[C@@H]1C. The number of aliphatic hydroxyl groups is 1. The van der Waals surface area contributed by atoms with Gasteiger partial charge in [0.05, 0.1) is 37.7 Å². The molecule has 2 aromatic rings. The van der Waals surface area contributed by atoms with Crippen molar-refractivity contribution in [2.75, 3.05) is 18.6 Å². The zero-order valence-electron chi connectivity index (χ0n) is 18.8. The maximum Gasteiger partial charge on any atom is 0.414 e. The number of rotatable bonds is 6. The molecule has 1 aromatic heterocycles. The highest BCUT2D eigenvalue weighted by Crippen LogP contribution is 2.43. The zero-order chi connectivity index (χ0) is 22.1. The van der Waals surface area contributed by atoms with Crippen molar-refractivity contribution in [3.8, 4) is 16.9 Å². The molecule has 0 saturated heterocycles. The molecule has 7 nitrogen and oxygen atoms in total. The second-order valence-corrected chi connectivity index (χ2v) is 9.11. The van der Waals surface area contributed by atoms with Crippen LogP contribution in [0.3, 0.4) is 0 Å². The molecule has 0 radical (unpaired) electrons. The van der Waals surface area contributed by atoms with Crippen molar-refractivity contribution in [3.63, 3.8) is 0 Å². The number of anilines is 1. The molecule has 1 N–H and O–H groups in total. The third kappa shape index (κ3) is 4.78. The van der Waals surface area contributed by atoms with Crippen molar-refractivity contribution in [1.29, 1.82) is 0 Å². The number of hydrogen-bond acceptors (Lipinski definition) is 5. The highest BCUT2D eigenvalue weighted by molar-refractivity contribution is 5.92. The fourth-order valence-electron chi connectivity index (χ4n) is 3.81. The smallest absolute Gasteiger partial charge is 0.414 e. The predicted octanol–water partition coefficient (Wildman–Crippen LogP) is 4.26. The summed E-state index contributed by atoms with van der Waals surface area (Å²) in [5, 5.41) is 14.5. The van der Waals surface area contributed by atoms with Crippen molar-refractivity contribution in [1.82, 2.24) is 9.78 Å². The molecule has 1 aliphatic heterocycles. The Kier molecular flexibility index (Phi) is 6.41. The fraction of sp³-hybridized carbons (Fsp3) is 0.565. The Morgan fingerprint density at radius 3 is 2.73 bits per heavy atom. The molecule has 1 amide bonds. The summed E-state index contributed by atoms with van der Waals surface area (Å²) >= 11 is 0. The van der Waals surface area contributed by atoms with E-state index in [9.17, 15) is 9.90 Å². The minimum Gasteiger partial charge on any atom is -0.492 e. The third-order valence-corrected chi connectivity index (χ3v) is 5.17. The van der Waals surface area contributed by atoms with Crippen LogP contribution in [-0.2, 0) is 17.7 Å². The van der Waals surface area contributed by atoms with Crippen molar-refractivity contribution in [2.24, 2.45) is 5.92 Å². The van der Waals surface area contributed by atoms with Crippen molar-refractivity contribution >= 4 is 11.8 Å². The maximum absolute atomic E-state index is 12.4. The van der Waals surface area contributed by atoms with Gasteiger partial charge in [-0.15, -0.1) is 0 Å². The molecule has 1 aromatic carbocycles. The first-order valence-corrected chi connectivity index (χ1v) is 10.5. The van der Waals surface area contributed by atoms with E-state index in [4.69, 9.17) is 9.47 Å². The number of methoxy groups -OCH3 is 1. The molecule has 0 spiro atoms. The van der Waals surface area contributed by atoms with Crippen LogP contribution in [0, 0.1) is 5.92 Å². The van der Waals surface area contributed by atoms with Gasteiger partial charge in [0.25, 0.3) is 0 Å². The summed E-state index contributed by atoms with van der Waals surface area (Å²) in [5.74, 6) is 1.16. The van der Waals surface area contributed by atoms with Gasteiger partial charge >= 0.3 is 6.09 Å². The molecule has 2 heterocycles. The van der Waals surface area contributed by atoms with E-state index in [0.717, 1.165) is 41.0 Å². The van der Waals surface area contributed by atoms with Crippen LogP contribution in [-0.4, -0.2) is 46.3 Å². The van der Waals surface area contributed by atoms with E-state index in [1.54, 1.807) is 29.6 Å². The topological polar surface area (TPSA) is 76.8 Å². The molecule has 164 valence electrons. The van der Waals surface area contributed by atoms with E-state index < -0.39 is 5.60 Å². The van der Waals surface area contributed by atoms with Gasteiger partial charge in [-0.3, -0.25) is 9.58 Å². The Bertz CT molecular complexity index is 898. The van der Waals surface area contributed by atoms with E-state index in [-0.39, 0.29) is 12.1 Å². The van der Waals surface area contributed by atoms with E-state index in [2.05, 4.69) is 18.9 Å². The molecule has 7 heteroatoms. The number of amides is 1. The van der Waals surface area contributed by atoms with Crippen LogP contribution in [0.4, 0.5) is 10.5 Å². The first-order valence-electron chi connectivity index (χ1n) is 10.5. The zero-order valence-corrected chi connectivity index (χ0v) is 18.8. The highest BCUT2D eigenvalue weighted by atomic mass is 16.5. The number of carbonyl (C=O) groups excluding carboxylic acids is 1. The van der Waals surface area contributed by atoms with Crippen LogP contribution in [0.2, 0.25) is 0 Å². The van der Waals surface area contributed by atoms with Gasteiger partial charge in [0, 0.05) is 28.9 Å². The van der Waals surface area contributed by atoms with Gasteiger partial charge in [-0.25, -0.2) is 4.79 Å². The summed E-state index contributed by atoms with van der Waals surface area (Å²) in [4.78, 5) is 14.1. The van der Waals surface area contributed by atoms with Crippen molar-refractivity contribution in [3.05, 3.63) is 30.1 Å². The molecule has 0 unspecified atom stereocenters. The highest BCUT2D eigenvalue weighted by Gasteiger charge is 2.32. The van der Waals surface area contributed by atoms with Gasteiger partial charge in [0.15, 0.2) is 0 Å². The number of aromatic nitrogens is 2. The summed E-state index contributed by atoms with van der Waals surface area (Å²) < 4.78 is 13.1. The van der Waals surface area contributed by atoms with Crippen LogP contribution < -0.4 is 9.64 Å². The first kappa shape index (κ1) is 22.2. The van der Waals surface area contributed by atoms with Gasteiger partial charge in [-0.1, -0.05) is 13.8 Å². The van der Waals surface area contributed by atoms with Crippen molar-refractivity contribution in [2.45, 2.75) is 65.6 Å². The molecule has 1 aliphatic rings. The lowest BCUT2D eigenvalue weighted by Crippen LogP contribution is -2.42. The van der Waals surface area contributed by atoms with E-state index in [0.29, 0.717) is 19.1 Å². The summed E-state index contributed by atoms with van der Waals surface area (Å²) in [6, 6.07) is 4.00. The molecule has 3 rings (SSSR count). The van der Waals surface area contributed by atoms with Gasteiger partial charge in [0.1, 0.15) is 5.75 Å². The van der Waals surface area contributed by atoms with Gasteiger partial charge in [-0.05, 0) is 51.7 Å². The Balaban J connectivity index is 2.07. The number of fused-ring (bicyclic) bond motifs is 1. The fourth-order valence-corrected chi connectivity index (χ4v) is 3.81. The van der Waals surface area contributed by atoms with Gasteiger partial charge in [-0.2, -0.15) is 5.10 Å². The first-order chi connectivity index (χ1) is 14.1. The lowest BCUT2D eigenvalue weighted by atomic mass is 9.92. The number of nitrogens with zero attached hydrogens (tertiary/aromatic N) is 3. The van der Waals surface area contributed by atoms with E-state index >= 15 is 0 Å². The Hall–Kier alpha value is -2.54. The number of benzene rings is 1. The lowest BCUT2D eigenvalue weighted by molar-refractivity contribution is 0.0577. The van der Waals surface area contributed by atoms with Crippen molar-refractivity contribution < 1.29 is 19.4 Å². The molecule has 0 saturated carbocycles. The average Bonchev–Trinajstić information content (AvgIpc) is 3.11. The quantitative estimate of drug-likeness (QED) is 0.763. The number of hydrogen-bond donors (Lipinski definition) is 1. The monoisotopic (exact) mass is 415 g/mol. The number of carbonyl (C=O) groups is 1. The van der Waals surface area contributed by atoms with E-state index in [1.807, 2.05) is 25.3 Å². The van der Waals surface area contributed by atoms with Crippen LogP contribution in [0.15, 0.2) is 24.5 Å². The predicted molar refractivity (Wildman–Crippen MR) is 117 cm³/mol.